The van der Waals surface area contributed by atoms with Gasteiger partial charge in [-0.05, 0) is 56.9 Å². The molecular formula is C21H33N3O3. The van der Waals surface area contributed by atoms with E-state index in [9.17, 15) is 9.90 Å². The van der Waals surface area contributed by atoms with Crippen LogP contribution >= 0.6 is 0 Å². The van der Waals surface area contributed by atoms with Gasteiger partial charge in [0.05, 0.1) is 6.04 Å². The van der Waals surface area contributed by atoms with Crippen LogP contribution in [0, 0.1) is 13.8 Å². The molecule has 0 radical (unpaired) electrons. The number of rotatable bonds is 8. The average molecular weight is 376 g/mol. The van der Waals surface area contributed by atoms with Crippen LogP contribution in [0.15, 0.2) is 18.2 Å². The number of piperazine rings is 1. The molecule has 2 N–H and O–H groups in total. The number of nitrogens with zero attached hydrogens (tertiary/aromatic N) is 2. The molecule has 0 bridgehead atoms. The lowest BCUT2D eigenvalue weighted by molar-refractivity contribution is -0.126. The molecule has 1 aromatic carbocycles. The summed E-state index contributed by atoms with van der Waals surface area (Å²) in [6.07, 6.45) is 1.72. The highest BCUT2D eigenvalue weighted by Crippen LogP contribution is 2.19. The quantitative estimate of drug-likeness (QED) is 0.718. The molecule has 27 heavy (non-hydrogen) atoms. The lowest BCUT2D eigenvalue weighted by Gasteiger charge is -2.38. The molecule has 2 fully saturated rings. The van der Waals surface area contributed by atoms with Gasteiger partial charge in [-0.25, -0.2) is 0 Å². The smallest absolute Gasteiger partial charge is 0.237 e. The van der Waals surface area contributed by atoms with E-state index in [1.54, 1.807) is 0 Å². The van der Waals surface area contributed by atoms with Gasteiger partial charge in [-0.15, -0.1) is 0 Å². The molecular weight excluding hydrogens is 342 g/mol. The number of nitrogens with one attached hydrogen (secondary N) is 1. The molecule has 1 amide bonds. The van der Waals surface area contributed by atoms with Gasteiger partial charge in [-0.2, -0.15) is 0 Å². The first-order valence-electron chi connectivity index (χ1n) is 10.1. The van der Waals surface area contributed by atoms with Crippen molar-refractivity contribution in [2.24, 2.45) is 0 Å². The third kappa shape index (κ3) is 6.19. The molecule has 6 nitrogen and oxygen atoms in total. The summed E-state index contributed by atoms with van der Waals surface area (Å²) in [5, 5.41) is 13.4. The van der Waals surface area contributed by atoms with E-state index in [1.165, 1.54) is 0 Å². The minimum atomic E-state index is -0.520. The Labute approximate surface area is 162 Å². The lowest BCUT2D eigenvalue weighted by Crippen LogP contribution is -2.55. The summed E-state index contributed by atoms with van der Waals surface area (Å²) in [6.45, 7) is 10.4. The van der Waals surface area contributed by atoms with Crippen LogP contribution in [0.1, 0.15) is 30.9 Å². The van der Waals surface area contributed by atoms with Crippen LogP contribution in [-0.4, -0.2) is 78.3 Å². The van der Waals surface area contributed by atoms with Crippen molar-refractivity contribution < 1.29 is 14.6 Å². The zero-order chi connectivity index (χ0) is 19.4. The van der Waals surface area contributed by atoms with E-state index in [0.717, 1.165) is 55.9 Å². The molecule has 1 saturated carbocycles. The number of benzene rings is 1. The number of hydrogen-bond donors (Lipinski definition) is 2. The molecule has 0 spiro atoms. The van der Waals surface area contributed by atoms with Gasteiger partial charge in [-0.3, -0.25) is 14.6 Å². The number of carbonyl (C=O) groups is 1. The van der Waals surface area contributed by atoms with Crippen molar-refractivity contribution >= 4 is 5.91 Å². The van der Waals surface area contributed by atoms with Crippen molar-refractivity contribution in [3.63, 3.8) is 0 Å². The Kier molecular flexibility index (Phi) is 6.73. The van der Waals surface area contributed by atoms with E-state index < -0.39 is 6.10 Å². The second-order valence-corrected chi connectivity index (χ2v) is 8.08. The Hall–Kier alpha value is -1.63. The second kappa shape index (κ2) is 9.04. The van der Waals surface area contributed by atoms with Gasteiger partial charge in [0, 0.05) is 38.8 Å². The van der Waals surface area contributed by atoms with Gasteiger partial charge in [0.2, 0.25) is 5.91 Å². The normalized spacial score (nSPS) is 20.9. The van der Waals surface area contributed by atoms with Gasteiger partial charge in [-0.1, -0.05) is 6.07 Å². The summed E-state index contributed by atoms with van der Waals surface area (Å²) in [5.74, 6) is 0.958. The molecule has 6 heteroatoms. The summed E-state index contributed by atoms with van der Waals surface area (Å²) >= 11 is 0. The first kappa shape index (κ1) is 20.1. The van der Waals surface area contributed by atoms with Crippen LogP contribution in [-0.2, 0) is 4.79 Å². The number of hydrogen-bond acceptors (Lipinski definition) is 5. The topological polar surface area (TPSA) is 65.0 Å². The van der Waals surface area contributed by atoms with Crippen molar-refractivity contribution in [1.29, 1.82) is 0 Å². The van der Waals surface area contributed by atoms with E-state index in [-0.39, 0.29) is 11.9 Å². The summed E-state index contributed by atoms with van der Waals surface area (Å²) in [7, 11) is 0. The number of aliphatic hydroxyl groups excluding tert-OH is 1. The maximum absolute atomic E-state index is 12.2. The zero-order valence-corrected chi connectivity index (χ0v) is 16.8. The Morgan fingerprint density at radius 2 is 1.81 bits per heavy atom. The predicted octanol–water partition coefficient (Wildman–Crippen LogP) is 1.33. The molecule has 1 aliphatic carbocycles. The minimum absolute atomic E-state index is 0.0782. The third-order valence-corrected chi connectivity index (χ3v) is 5.36. The molecule has 2 atom stereocenters. The van der Waals surface area contributed by atoms with Crippen LogP contribution in [0.2, 0.25) is 0 Å². The SMILES string of the molecule is Cc1cc(C)cc(OCC(O)CN2CCN(C(C)C(=O)NC3CC3)CC2)c1. The molecule has 2 unspecified atom stereocenters. The van der Waals surface area contributed by atoms with E-state index >= 15 is 0 Å². The van der Waals surface area contributed by atoms with E-state index in [0.29, 0.717) is 19.2 Å². The van der Waals surface area contributed by atoms with Gasteiger partial charge >= 0.3 is 0 Å². The van der Waals surface area contributed by atoms with Gasteiger partial charge in [0.1, 0.15) is 18.5 Å². The Morgan fingerprint density at radius 1 is 1.19 bits per heavy atom. The molecule has 3 rings (SSSR count). The lowest BCUT2D eigenvalue weighted by atomic mass is 10.1. The van der Waals surface area contributed by atoms with Gasteiger partial charge in [0.15, 0.2) is 0 Å². The summed E-state index contributed by atoms with van der Waals surface area (Å²) < 4.78 is 5.76. The Balaban J connectivity index is 1.37. The monoisotopic (exact) mass is 375 g/mol. The fraction of sp³-hybridized carbons (Fsp3) is 0.667. The summed E-state index contributed by atoms with van der Waals surface area (Å²) in [5.41, 5.74) is 2.32. The largest absolute Gasteiger partial charge is 0.491 e. The van der Waals surface area contributed by atoms with Crippen LogP contribution in [0.4, 0.5) is 0 Å². The highest BCUT2D eigenvalue weighted by molar-refractivity contribution is 5.81. The van der Waals surface area contributed by atoms with E-state index in [4.69, 9.17) is 4.74 Å². The molecule has 150 valence electrons. The molecule has 1 saturated heterocycles. The number of ether oxygens (including phenoxy) is 1. The maximum Gasteiger partial charge on any atom is 0.237 e. The highest BCUT2D eigenvalue weighted by atomic mass is 16.5. The highest BCUT2D eigenvalue weighted by Gasteiger charge is 2.30. The Bertz CT molecular complexity index is 619. The van der Waals surface area contributed by atoms with E-state index in [2.05, 4.69) is 21.2 Å². The van der Waals surface area contributed by atoms with Crippen LogP contribution in [0.5, 0.6) is 5.75 Å². The van der Waals surface area contributed by atoms with Crippen LogP contribution in [0.3, 0.4) is 0 Å². The molecule has 0 aromatic heterocycles. The zero-order valence-electron chi connectivity index (χ0n) is 16.8. The average Bonchev–Trinajstić information content (AvgIpc) is 3.43. The van der Waals surface area contributed by atoms with Crippen molar-refractivity contribution in [3.8, 4) is 5.75 Å². The number of amides is 1. The fourth-order valence-electron chi connectivity index (χ4n) is 3.61. The first-order valence-corrected chi connectivity index (χ1v) is 10.1. The Morgan fingerprint density at radius 3 is 2.41 bits per heavy atom. The third-order valence-electron chi connectivity index (χ3n) is 5.36. The number of carbonyl (C=O) groups excluding carboxylic acids is 1. The second-order valence-electron chi connectivity index (χ2n) is 8.08. The van der Waals surface area contributed by atoms with Crippen molar-refractivity contribution in [3.05, 3.63) is 29.3 Å². The minimum Gasteiger partial charge on any atom is -0.491 e. The molecule has 2 aliphatic rings. The van der Waals surface area contributed by atoms with E-state index in [1.807, 2.05) is 32.9 Å². The van der Waals surface area contributed by atoms with Crippen molar-refractivity contribution in [1.82, 2.24) is 15.1 Å². The number of aliphatic hydroxyl groups is 1. The van der Waals surface area contributed by atoms with Crippen LogP contribution < -0.4 is 10.1 Å². The molecule has 1 heterocycles. The van der Waals surface area contributed by atoms with Crippen LogP contribution in [0.25, 0.3) is 0 Å². The maximum atomic E-state index is 12.2. The van der Waals surface area contributed by atoms with Gasteiger partial charge < -0.3 is 15.2 Å². The summed E-state index contributed by atoms with van der Waals surface area (Å²) in [6, 6.07) is 6.42. The van der Waals surface area contributed by atoms with Crippen molar-refractivity contribution in [2.45, 2.75) is 51.8 Å². The molecule has 1 aliphatic heterocycles. The summed E-state index contributed by atoms with van der Waals surface area (Å²) in [4.78, 5) is 16.7. The standard InChI is InChI=1S/C21H33N3O3/c1-15-10-16(2)12-20(11-15)27-14-19(25)13-23-6-8-24(9-7-23)17(3)21(26)22-18-4-5-18/h10-12,17-19,25H,4-9,13-14H2,1-3H3,(H,22,26). The fourth-order valence-corrected chi connectivity index (χ4v) is 3.61. The van der Waals surface area contributed by atoms with Gasteiger partial charge in [0.25, 0.3) is 0 Å². The molecule has 1 aromatic rings. The number of aryl methyl sites for hydroxylation is 2. The first-order chi connectivity index (χ1) is 12.9. The number of β-amino-alcohol motifs (C(OH)–C–C–N with tert-alkyl or cyclic N) is 1. The predicted molar refractivity (Wildman–Crippen MR) is 106 cm³/mol. The van der Waals surface area contributed by atoms with Crippen molar-refractivity contribution in [2.75, 3.05) is 39.3 Å².